The molecule has 0 aliphatic carbocycles. The summed E-state index contributed by atoms with van der Waals surface area (Å²) in [7, 11) is 0. The van der Waals surface area contributed by atoms with Gasteiger partial charge < -0.3 is 20.3 Å². The molecule has 1 amide bonds. The van der Waals surface area contributed by atoms with E-state index in [0.29, 0.717) is 19.3 Å². The molecule has 3 N–H and O–H groups in total. The molecule has 0 saturated carbocycles. The molecule has 0 aromatic heterocycles. The van der Waals surface area contributed by atoms with E-state index in [9.17, 15) is 19.8 Å². The summed E-state index contributed by atoms with van der Waals surface area (Å²) in [6.07, 6.45) is 61.8. The van der Waals surface area contributed by atoms with Crippen molar-refractivity contribution in [2.24, 2.45) is 0 Å². The molecule has 0 aliphatic rings. The van der Waals surface area contributed by atoms with Gasteiger partial charge in [-0.15, -0.1) is 0 Å². The second kappa shape index (κ2) is 50.8. The van der Waals surface area contributed by atoms with Crippen LogP contribution in [0.4, 0.5) is 0 Å². The Morgan fingerprint density at radius 3 is 1.27 bits per heavy atom. The van der Waals surface area contributed by atoms with Crippen molar-refractivity contribution in [2.45, 2.75) is 296 Å². The molecule has 0 fully saturated rings. The zero-order valence-electron chi connectivity index (χ0n) is 42.0. The van der Waals surface area contributed by atoms with Crippen LogP contribution in [-0.2, 0) is 14.3 Å². The van der Waals surface area contributed by atoms with Crippen molar-refractivity contribution in [2.75, 3.05) is 6.61 Å². The highest BCUT2D eigenvalue weighted by Crippen LogP contribution is 2.17. The van der Waals surface area contributed by atoms with E-state index in [4.69, 9.17) is 4.74 Å². The maximum absolute atomic E-state index is 13.2. The normalized spacial score (nSPS) is 13.5. The minimum atomic E-state index is -0.797. The highest BCUT2D eigenvalue weighted by Gasteiger charge is 2.24. The Bertz CT molecular complexity index is 1080. The summed E-state index contributed by atoms with van der Waals surface area (Å²) in [4.78, 5) is 26.2. The van der Waals surface area contributed by atoms with Gasteiger partial charge in [0.1, 0.15) is 6.10 Å². The summed E-state index contributed by atoms with van der Waals surface area (Å²) in [6, 6.07) is -0.713. The second-order valence-electron chi connectivity index (χ2n) is 18.7. The van der Waals surface area contributed by atoms with Gasteiger partial charge in [-0.25, -0.2) is 0 Å². The molecule has 6 heteroatoms. The average molecular weight is 884 g/mol. The molecule has 3 unspecified atom stereocenters. The van der Waals surface area contributed by atoms with Gasteiger partial charge in [0.25, 0.3) is 0 Å². The van der Waals surface area contributed by atoms with Crippen LogP contribution in [-0.4, -0.2) is 46.9 Å². The fraction of sp³-hybridized carbons (Fsp3) is 0.825. The first-order valence-electron chi connectivity index (χ1n) is 27.4. The first kappa shape index (κ1) is 60.8. The Labute approximate surface area is 391 Å². The number of unbranched alkanes of at least 4 members (excludes halogenated alkanes) is 31. The molecule has 6 nitrogen and oxygen atoms in total. The molecular weight excluding hydrogens is 779 g/mol. The number of esters is 1. The minimum Gasteiger partial charge on any atom is -0.462 e. The number of rotatable bonds is 49. The van der Waals surface area contributed by atoms with Gasteiger partial charge in [0, 0.05) is 6.42 Å². The summed E-state index contributed by atoms with van der Waals surface area (Å²) in [5, 5.41) is 23.7. The standard InChI is InChI=1S/C57H105NO5/c1-4-7-10-13-16-19-22-24-26-28-29-31-33-35-38-41-44-47-50-57(62)63-53(48-45-42-39-36-34-32-30-27-25-23-20-17-14-11-8-5-2)51-56(61)58-54(52-59)55(60)49-46-43-40-37-21-18-15-12-9-6-3/h23,25,27,29-32,34,53-55,59-60H,4-22,24,26,28,33,35-52H2,1-3H3,(H,58,61)/b25-23+,30-27+,31-29+,34-32+. The maximum Gasteiger partial charge on any atom is 0.306 e. The summed E-state index contributed by atoms with van der Waals surface area (Å²) >= 11 is 0. The van der Waals surface area contributed by atoms with Gasteiger partial charge in [-0.2, -0.15) is 0 Å². The molecule has 0 radical (unpaired) electrons. The SMILES string of the molecule is CCCCCCC/C=C/C=C/C=C/CCCCCC(CC(=O)NC(CO)C(O)CCCCCCCCCCCC)OC(=O)CCCCCCC/C=C/CCCCCCCCCCC. The Hall–Kier alpha value is -2.18. The van der Waals surface area contributed by atoms with E-state index in [-0.39, 0.29) is 24.9 Å². The number of aliphatic hydroxyl groups excluding tert-OH is 2. The van der Waals surface area contributed by atoms with Crippen LogP contribution in [0.2, 0.25) is 0 Å². The van der Waals surface area contributed by atoms with Crippen molar-refractivity contribution in [3.8, 4) is 0 Å². The number of carbonyl (C=O) groups is 2. The number of hydrogen-bond acceptors (Lipinski definition) is 5. The summed E-state index contributed by atoms with van der Waals surface area (Å²) < 4.78 is 5.93. The van der Waals surface area contributed by atoms with E-state index in [0.717, 1.165) is 77.0 Å². The third kappa shape index (κ3) is 46.2. The third-order valence-electron chi connectivity index (χ3n) is 12.4. The van der Waals surface area contributed by atoms with Gasteiger partial charge in [0.15, 0.2) is 0 Å². The lowest BCUT2D eigenvalue weighted by Gasteiger charge is -2.24. The van der Waals surface area contributed by atoms with Crippen LogP contribution in [0.5, 0.6) is 0 Å². The number of hydrogen-bond donors (Lipinski definition) is 3. The smallest absolute Gasteiger partial charge is 0.306 e. The van der Waals surface area contributed by atoms with E-state index in [1.807, 2.05) is 0 Å². The first-order chi connectivity index (χ1) is 31.0. The predicted molar refractivity (Wildman–Crippen MR) is 273 cm³/mol. The lowest BCUT2D eigenvalue weighted by atomic mass is 10.0. The van der Waals surface area contributed by atoms with Crippen LogP contribution < -0.4 is 5.32 Å². The van der Waals surface area contributed by atoms with Crippen molar-refractivity contribution in [3.05, 3.63) is 48.6 Å². The van der Waals surface area contributed by atoms with Crippen molar-refractivity contribution in [3.63, 3.8) is 0 Å². The van der Waals surface area contributed by atoms with Crippen molar-refractivity contribution in [1.82, 2.24) is 5.32 Å². The average Bonchev–Trinajstić information content (AvgIpc) is 3.28. The summed E-state index contributed by atoms with van der Waals surface area (Å²) in [5.41, 5.74) is 0. The number of ether oxygens (including phenoxy) is 1. The molecule has 0 heterocycles. The highest BCUT2D eigenvalue weighted by molar-refractivity contribution is 5.77. The molecule has 0 aromatic carbocycles. The number of amides is 1. The Morgan fingerprint density at radius 2 is 0.825 bits per heavy atom. The van der Waals surface area contributed by atoms with E-state index in [2.05, 4.69) is 74.7 Å². The van der Waals surface area contributed by atoms with Crippen LogP contribution in [0.25, 0.3) is 0 Å². The fourth-order valence-electron chi connectivity index (χ4n) is 8.25. The van der Waals surface area contributed by atoms with E-state index in [1.54, 1.807) is 0 Å². The largest absolute Gasteiger partial charge is 0.462 e. The van der Waals surface area contributed by atoms with Crippen LogP contribution in [0, 0.1) is 0 Å². The zero-order valence-corrected chi connectivity index (χ0v) is 42.0. The van der Waals surface area contributed by atoms with Gasteiger partial charge in [0.2, 0.25) is 5.91 Å². The van der Waals surface area contributed by atoms with E-state index >= 15 is 0 Å². The zero-order chi connectivity index (χ0) is 45.9. The highest BCUT2D eigenvalue weighted by atomic mass is 16.5. The summed E-state index contributed by atoms with van der Waals surface area (Å²) in [6.45, 7) is 6.46. The van der Waals surface area contributed by atoms with E-state index < -0.39 is 18.2 Å². The van der Waals surface area contributed by atoms with E-state index in [1.165, 1.54) is 154 Å². The molecular formula is C57H105NO5. The molecule has 3 atom stereocenters. The van der Waals surface area contributed by atoms with Gasteiger partial charge in [0.05, 0.1) is 25.2 Å². The number of nitrogens with one attached hydrogen (secondary N) is 1. The van der Waals surface area contributed by atoms with Crippen molar-refractivity contribution >= 4 is 11.9 Å². The molecule has 63 heavy (non-hydrogen) atoms. The van der Waals surface area contributed by atoms with Crippen LogP contribution in [0.15, 0.2) is 48.6 Å². The Balaban J connectivity index is 4.62. The van der Waals surface area contributed by atoms with Gasteiger partial charge in [-0.3, -0.25) is 9.59 Å². The van der Waals surface area contributed by atoms with Gasteiger partial charge in [-0.05, 0) is 77.0 Å². The predicted octanol–water partition coefficient (Wildman–Crippen LogP) is 16.6. The van der Waals surface area contributed by atoms with Crippen LogP contribution >= 0.6 is 0 Å². The van der Waals surface area contributed by atoms with Crippen LogP contribution in [0.3, 0.4) is 0 Å². The fourth-order valence-corrected chi connectivity index (χ4v) is 8.25. The van der Waals surface area contributed by atoms with Gasteiger partial charge >= 0.3 is 5.97 Å². The second-order valence-corrected chi connectivity index (χ2v) is 18.7. The molecule has 368 valence electrons. The molecule has 0 aliphatic heterocycles. The third-order valence-corrected chi connectivity index (χ3v) is 12.4. The molecule has 0 rings (SSSR count). The first-order valence-corrected chi connectivity index (χ1v) is 27.4. The Morgan fingerprint density at radius 1 is 0.460 bits per heavy atom. The topological polar surface area (TPSA) is 95.9 Å². The lowest BCUT2D eigenvalue weighted by molar-refractivity contribution is -0.151. The minimum absolute atomic E-state index is 0.0524. The van der Waals surface area contributed by atoms with Crippen molar-refractivity contribution in [1.29, 1.82) is 0 Å². The lowest BCUT2D eigenvalue weighted by Crippen LogP contribution is -2.46. The summed E-state index contributed by atoms with van der Waals surface area (Å²) in [5.74, 6) is -0.511. The monoisotopic (exact) mass is 884 g/mol. The molecule has 0 aromatic rings. The number of allylic oxidation sites excluding steroid dienone is 8. The molecule has 0 spiro atoms. The Kier molecular flexibility index (Phi) is 49.1. The number of carbonyl (C=O) groups excluding carboxylic acids is 2. The van der Waals surface area contributed by atoms with Crippen molar-refractivity contribution < 1.29 is 24.5 Å². The number of aliphatic hydroxyl groups is 2. The molecule has 0 saturated heterocycles. The quantitative estimate of drug-likeness (QED) is 0.0245. The van der Waals surface area contributed by atoms with Gasteiger partial charge in [-0.1, -0.05) is 236 Å². The molecule has 0 bridgehead atoms. The maximum atomic E-state index is 13.2. The van der Waals surface area contributed by atoms with Crippen LogP contribution in [0.1, 0.15) is 278 Å².